The summed E-state index contributed by atoms with van der Waals surface area (Å²) in [6.07, 6.45) is 1.49. The molecule has 1 amide bonds. The third-order valence-electron chi connectivity index (χ3n) is 6.52. The van der Waals surface area contributed by atoms with Crippen LogP contribution in [0.3, 0.4) is 0 Å². The molecule has 2 aliphatic heterocycles. The molecule has 2 fully saturated rings. The van der Waals surface area contributed by atoms with Crippen LogP contribution in [-0.2, 0) is 10.0 Å². The summed E-state index contributed by atoms with van der Waals surface area (Å²) in [5.41, 5.74) is 0.440. The maximum absolute atomic E-state index is 14.0. The van der Waals surface area contributed by atoms with E-state index in [0.29, 0.717) is 31.0 Å². The summed E-state index contributed by atoms with van der Waals surface area (Å²) in [4.78, 5) is 14.8. The molecule has 0 aromatic heterocycles. The van der Waals surface area contributed by atoms with Crippen molar-refractivity contribution in [1.82, 2.24) is 9.21 Å². The highest BCUT2D eigenvalue weighted by atomic mass is 32.2. The lowest BCUT2D eigenvalue weighted by atomic mass is 9.61. The van der Waals surface area contributed by atoms with E-state index in [9.17, 15) is 17.6 Å². The first kappa shape index (κ1) is 19.5. The molecule has 2 heterocycles. The van der Waals surface area contributed by atoms with Gasteiger partial charge in [-0.25, -0.2) is 12.8 Å². The van der Waals surface area contributed by atoms with Crippen molar-refractivity contribution in [2.75, 3.05) is 19.7 Å². The minimum Gasteiger partial charge on any atom is -0.491 e. The second-order valence-corrected chi connectivity index (χ2v) is 10.5. The van der Waals surface area contributed by atoms with Crippen LogP contribution in [0.15, 0.2) is 53.4 Å². The monoisotopic (exact) mass is 430 g/mol. The van der Waals surface area contributed by atoms with Gasteiger partial charge in [-0.05, 0) is 44.0 Å². The molecule has 1 aliphatic carbocycles. The molecule has 0 radical (unpaired) electrons. The highest BCUT2D eigenvalue weighted by molar-refractivity contribution is 7.89. The molecule has 1 spiro atoms. The molecule has 3 aliphatic rings. The molecular weight excluding hydrogens is 407 g/mol. The maximum Gasteiger partial charge on any atom is 0.258 e. The van der Waals surface area contributed by atoms with Gasteiger partial charge in [0, 0.05) is 24.5 Å². The molecule has 5 rings (SSSR count). The number of hydrogen-bond donors (Lipinski definition) is 0. The molecule has 1 atom stereocenters. The Balaban J connectivity index is 1.28. The SMILES string of the molecule is CC1COc2ccccc2C(=O)N1C1CC2(C1)CN(S(=O)(=O)c1ccccc1F)C2. The van der Waals surface area contributed by atoms with E-state index in [1.165, 1.54) is 22.5 Å². The van der Waals surface area contributed by atoms with Gasteiger partial charge < -0.3 is 9.64 Å². The van der Waals surface area contributed by atoms with Crippen LogP contribution < -0.4 is 4.74 Å². The summed E-state index contributed by atoms with van der Waals surface area (Å²) in [7, 11) is -3.83. The minimum absolute atomic E-state index is 0.0365. The maximum atomic E-state index is 14.0. The van der Waals surface area contributed by atoms with E-state index in [-0.39, 0.29) is 28.3 Å². The largest absolute Gasteiger partial charge is 0.491 e. The Labute approximate surface area is 175 Å². The van der Waals surface area contributed by atoms with E-state index in [0.717, 1.165) is 18.9 Å². The highest BCUT2D eigenvalue weighted by Crippen LogP contribution is 2.52. The molecule has 158 valence electrons. The number of sulfonamides is 1. The first-order valence-corrected chi connectivity index (χ1v) is 11.5. The molecule has 1 unspecified atom stereocenters. The molecular formula is C22H23FN2O4S. The average Bonchev–Trinajstić information content (AvgIpc) is 2.78. The van der Waals surface area contributed by atoms with Crippen LogP contribution >= 0.6 is 0 Å². The number of hydrogen-bond acceptors (Lipinski definition) is 4. The third kappa shape index (κ3) is 2.93. The summed E-state index contributed by atoms with van der Waals surface area (Å²) in [5.74, 6) is -0.158. The smallest absolute Gasteiger partial charge is 0.258 e. The number of carbonyl (C=O) groups is 1. The Morgan fingerprint density at radius 3 is 2.47 bits per heavy atom. The summed E-state index contributed by atoms with van der Waals surface area (Å²) < 4.78 is 46.6. The van der Waals surface area contributed by atoms with Crippen molar-refractivity contribution in [2.45, 2.75) is 36.7 Å². The number of rotatable bonds is 3. The minimum atomic E-state index is -3.83. The molecule has 30 heavy (non-hydrogen) atoms. The van der Waals surface area contributed by atoms with Crippen molar-refractivity contribution in [1.29, 1.82) is 0 Å². The van der Waals surface area contributed by atoms with E-state index >= 15 is 0 Å². The second-order valence-electron chi connectivity index (χ2n) is 8.63. The van der Waals surface area contributed by atoms with E-state index in [2.05, 4.69) is 0 Å². The number of amides is 1. The first-order chi connectivity index (χ1) is 14.3. The van der Waals surface area contributed by atoms with Crippen molar-refractivity contribution in [2.24, 2.45) is 5.41 Å². The number of halogens is 1. The molecule has 2 aromatic rings. The van der Waals surface area contributed by atoms with Gasteiger partial charge in [0.25, 0.3) is 5.91 Å². The van der Waals surface area contributed by atoms with Crippen molar-refractivity contribution in [3.63, 3.8) is 0 Å². The molecule has 6 nitrogen and oxygen atoms in total. The highest BCUT2D eigenvalue weighted by Gasteiger charge is 2.58. The van der Waals surface area contributed by atoms with Crippen LogP contribution in [0.1, 0.15) is 30.1 Å². The van der Waals surface area contributed by atoms with Gasteiger partial charge in [0.15, 0.2) is 0 Å². The molecule has 0 N–H and O–H groups in total. The number of benzene rings is 2. The molecule has 1 saturated carbocycles. The quantitative estimate of drug-likeness (QED) is 0.751. The zero-order valence-electron chi connectivity index (χ0n) is 16.6. The van der Waals surface area contributed by atoms with Gasteiger partial charge in [-0.2, -0.15) is 4.31 Å². The Kier molecular flexibility index (Phi) is 4.41. The first-order valence-electron chi connectivity index (χ1n) is 10.1. The van der Waals surface area contributed by atoms with E-state index in [1.54, 1.807) is 6.07 Å². The van der Waals surface area contributed by atoms with Crippen LogP contribution in [0, 0.1) is 11.2 Å². The molecule has 8 heteroatoms. The summed E-state index contributed by atoms with van der Waals surface area (Å²) in [6.45, 7) is 3.14. The van der Waals surface area contributed by atoms with Crippen molar-refractivity contribution >= 4 is 15.9 Å². The van der Waals surface area contributed by atoms with Gasteiger partial charge in [0.1, 0.15) is 23.1 Å². The molecule has 2 aromatic carbocycles. The fourth-order valence-corrected chi connectivity index (χ4v) is 6.72. The standard InChI is InChI=1S/C22H23FN2O4S/c1-15-12-29-19-8-4-2-6-17(19)21(26)25(15)16-10-22(11-16)13-24(14-22)30(27,28)20-9-5-3-7-18(20)23/h2-9,15-16H,10-14H2,1H3. The zero-order valence-corrected chi connectivity index (χ0v) is 17.4. The number of para-hydroxylation sites is 1. The zero-order chi connectivity index (χ0) is 21.1. The lowest BCUT2D eigenvalue weighted by Gasteiger charge is -2.60. The van der Waals surface area contributed by atoms with Crippen molar-refractivity contribution < 1.29 is 22.3 Å². The Bertz CT molecular complexity index is 1110. The van der Waals surface area contributed by atoms with Crippen LogP contribution in [0.25, 0.3) is 0 Å². The van der Waals surface area contributed by atoms with Gasteiger partial charge in [-0.3, -0.25) is 4.79 Å². The summed E-state index contributed by atoms with van der Waals surface area (Å²) in [6, 6.07) is 12.7. The Morgan fingerprint density at radius 2 is 1.73 bits per heavy atom. The van der Waals surface area contributed by atoms with Gasteiger partial charge in [0.2, 0.25) is 10.0 Å². The van der Waals surface area contributed by atoms with Gasteiger partial charge in [-0.1, -0.05) is 24.3 Å². The fourth-order valence-electron chi connectivity index (χ4n) is 4.98. The van der Waals surface area contributed by atoms with Gasteiger partial charge >= 0.3 is 0 Å². The van der Waals surface area contributed by atoms with E-state index in [1.807, 2.05) is 30.0 Å². The topological polar surface area (TPSA) is 66.9 Å². The molecule has 0 bridgehead atoms. The van der Waals surface area contributed by atoms with Crippen LogP contribution in [0.4, 0.5) is 4.39 Å². The number of carbonyl (C=O) groups excluding carboxylic acids is 1. The normalized spacial score (nSPS) is 23.9. The number of ether oxygens (including phenoxy) is 1. The second kappa shape index (κ2) is 6.78. The predicted molar refractivity (Wildman–Crippen MR) is 108 cm³/mol. The van der Waals surface area contributed by atoms with Crippen molar-refractivity contribution in [3.8, 4) is 5.75 Å². The summed E-state index contributed by atoms with van der Waals surface area (Å²) in [5, 5.41) is 0. The van der Waals surface area contributed by atoms with Crippen molar-refractivity contribution in [3.05, 3.63) is 59.9 Å². The Morgan fingerprint density at radius 1 is 1.07 bits per heavy atom. The summed E-state index contributed by atoms with van der Waals surface area (Å²) >= 11 is 0. The number of fused-ring (bicyclic) bond motifs is 1. The Hall–Kier alpha value is -2.45. The van der Waals surface area contributed by atoms with Gasteiger partial charge in [0.05, 0.1) is 11.6 Å². The van der Waals surface area contributed by atoms with E-state index in [4.69, 9.17) is 4.74 Å². The van der Waals surface area contributed by atoms with Crippen LogP contribution in [0.5, 0.6) is 5.75 Å². The third-order valence-corrected chi connectivity index (χ3v) is 8.34. The van der Waals surface area contributed by atoms with E-state index < -0.39 is 15.8 Å². The predicted octanol–water partition coefficient (Wildman–Crippen LogP) is 2.90. The number of nitrogens with zero attached hydrogens (tertiary/aromatic N) is 2. The van der Waals surface area contributed by atoms with Crippen LogP contribution in [-0.4, -0.2) is 55.3 Å². The lowest BCUT2D eigenvalue weighted by molar-refractivity contribution is -0.0755. The average molecular weight is 431 g/mol. The lowest BCUT2D eigenvalue weighted by Crippen LogP contribution is -2.68. The molecule has 1 saturated heterocycles. The van der Waals surface area contributed by atoms with Crippen LogP contribution in [0.2, 0.25) is 0 Å². The fraction of sp³-hybridized carbons (Fsp3) is 0.409. The van der Waals surface area contributed by atoms with Gasteiger partial charge in [-0.15, -0.1) is 0 Å².